The molecule has 25 heavy (non-hydrogen) atoms. The summed E-state index contributed by atoms with van der Waals surface area (Å²) in [6.45, 7) is 2.13. The number of thioether (sulfide) groups is 2. The number of piperidine rings is 1. The smallest absolute Gasteiger partial charge is 0.257 e. The molecule has 2 saturated heterocycles. The average molecular weight is 392 g/mol. The second kappa shape index (κ2) is 8.12. The van der Waals surface area contributed by atoms with Gasteiger partial charge in [0.25, 0.3) is 5.91 Å². The number of carbonyl (C=O) groups excluding carboxylic acids is 1. The topological polar surface area (TPSA) is 54.0 Å². The molecule has 1 aromatic carbocycles. The lowest BCUT2D eigenvalue weighted by molar-refractivity contribution is 0.102. The fourth-order valence-electron chi connectivity index (χ4n) is 3.15. The fourth-order valence-corrected chi connectivity index (χ4v) is 6.99. The lowest BCUT2D eigenvalue weighted by Gasteiger charge is -2.20. The second-order valence-corrected chi connectivity index (χ2v) is 10.0. The highest BCUT2D eigenvalue weighted by molar-refractivity contribution is 8.19. The van der Waals surface area contributed by atoms with Gasteiger partial charge in [0.15, 0.2) is 5.13 Å². The molecule has 2 aliphatic heterocycles. The largest absolute Gasteiger partial charge is 0.317 e. The van der Waals surface area contributed by atoms with E-state index in [0.717, 1.165) is 25.9 Å². The molecule has 0 aliphatic carbocycles. The number of benzene rings is 1. The zero-order valence-corrected chi connectivity index (χ0v) is 16.3. The number of carbonyl (C=O) groups is 1. The van der Waals surface area contributed by atoms with Crippen LogP contribution in [0.4, 0.5) is 5.13 Å². The van der Waals surface area contributed by atoms with Crippen LogP contribution in [0.15, 0.2) is 30.5 Å². The Morgan fingerprint density at radius 2 is 1.84 bits per heavy atom. The van der Waals surface area contributed by atoms with Crippen molar-refractivity contribution in [3.05, 3.63) is 46.5 Å². The second-order valence-electron chi connectivity index (χ2n) is 6.24. The van der Waals surface area contributed by atoms with Gasteiger partial charge in [0.05, 0.1) is 4.58 Å². The van der Waals surface area contributed by atoms with Gasteiger partial charge in [-0.25, -0.2) is 4.98 Å². The third kappa shape index (κ3) is 4.22. The first-order valence-corrected chi connectivity index (χ1v) is 11.5. The van der Waals surface area contributed by atoms with E-state index in [2.05, 4.69) is 27.8 Å². The normalized spacial score (nSPS) is 19.2. The number of hydrogen-bond acceptors (Lipinski definition) is 6. The first-order valence-electron chi connectivity index (χ1n) is 8.60. The molecule has 2 aromatic rings. The Morgan fingerprint density at radius 3 is 2.56 bits per heavy atom. The third-order valence-electron chi connectivity index (χ3n) is 4.55. The van der Waals surface area contributed by atoms with Crippen molar-refractivity contribution >= 4 is 45.9 Å². The highest BCUT2D eigenvalue weighted by Gasteiger charge is 2.20. The van der Waals surface area contributed by atoms with E-state index in [1.807, 2.05) is 41.9 Å². The first-order chi connectivity index (χ1) is 12.3. The number of anilines is 1. The number of nitrogens with one attached hydrogen (secondary N) is 2. The number of nitrogens with zero attached hydrogens (tertiary/aromatic N) is 1. The predicted octanol–water partition coefficient (Wildman–Crippen LogP) is 4.34. The molecule has 4 rings (SSSR count). The zero-order valence-electron chi connectivity index (χ0n) is 13.9. The van der Waals surface area contributed by atoms with E-state index >= 15 is 0 Å². The van der Waals surface area contributed by atoms with Gasteiger partial charge in [-0.05, 0) is 49.5 Å². The monoisotopic (exact) mass is 391 g/mol. The molecule has 3 heterocycles. The molecule has 4 nitrogen and oxygen atoms in total. The highest BCUT2D eigenvalue weighted by atomic mass is 32.2. The molecule has 2 fully saturated rings. The fraction of sp³-hybridized carbons (Fsp3) is 0.444. The summed E-state index contributed by atoms with van der Waals surface area (Å²) in [6.07, 6.45) is 4.22. The summed E-state index contributed by atoms with van der Waals surface area (Å²) in [5.74, 6) is 2.91. The van der Waals surface area contributed by atoms with E-state index in [1.165, 1.54) is 21.9 Å². The standard InChI is InChI=1S/C18H21N3OS3/c22-16(13-1-3-14(4-2-13)17-23-9-10-24-17)21-18-20-11-15(25-18)12-5-7-19-8-6-12/h1-4,11-12,17,19H,5-10H2,(H,20,21,22). The van der Waals surface area contributed by atoms with Crippen molar-refractivity contribution in [3.8, 4) is 0 Å². The van der Waals surface area contributed by atoms with Crippen molar-refractivity contribution in [2.45, 2.75) is 23.3 Å². The molecule has 132 valence electrons. The Hall–Kier alpha value is -1.02. The summed E-state index contributed by atoms with van der Waals surface area (Å²) in [7, 11) is 0. The Morgan fingerprint density at radius 1 is 1.12 bits per heavy atom. The van der Waals surface area contributed by atoms with Gasteiger partial charge < -0.3 is 5.32 Å². The van der Waals surface area contributed by atoms with Crippen LogP contribution in [-0.4, -0.2) is 35.5 Å². The molecular weight excluding hydrogens is 370 g/mol. The molecule has 1 aromatic heterocycles. The van der Waals surface area contributed by atoms with Crippen LogP contribution in [0.5, 0.6) is 0 Å². The molecule has 1 amide bonds. The molecule has 2 N–H and O–H groups in total. The molecule has 7 heteroatoms. The number of thiazole rings is 1. The summed E-state index contributed by atoms with van der Waals surface area (Å²) in [4.78, 5) is 18.1. The summed E-state index contributed by atoms with van der Waals surface area (Å²) >= 11 is 5.56. The van der Waals surface area contributed by atoms with Crippen LogP contribution < -0.4 is 10.6 Å². The third-order valence-corrected chi connectivity index (χ3v) is 8.73. The number of amides is 1. The van der Waals surface area contributed by atoms with Gasteiger partial charge in [0.1, 0.15) is 0 Å². The molecular formula is C18H21N3OS3. The molecule has 0 saturated carbocycles. The van der Waals surface area contributed by atoms with Crippen molar-refractivity contribution < 1.29 is 4.79 Å². The van der Waals surface area contributed by atoms with Crippen molar-refractivity contribution in [1.29, 1.82) is 0 Å². The van der Waals surface area contributed by atoms with Crippen molar-refractivity contribution in [3.63, 3.8) is 0 Å². The molecule has 0 bridgehead atoms. The first kappa shape index (κ1) is 17.4. The van der Waals surface area contributed by atoms with Gasteiger partial charge >= 0.3 is 0 Å². The van der Waals surface area contributed by atoms with Crippen LogP contribution in [0.25, 0.3) is 0 Å². The van der Waals surface area contributed by atoms with Gasteiger partial charge in [-0.3, -0.25) is 10.1 Å². The lowest BCUT2D eigenvalue weighted by Crippen LogP contribution is -2.26. The van der Waals surface area contributed by atoms with E-state index in [9.17, 15) is 4.79 Å². The minimum atomic E-state index is -0.0792. The Kier molecular flexibility index (Phi) is 5.65. The maximum atomic E-state index is 12.5. The molecule has 0 atom stereocenters. The number of hydrogen-bond donors (Lipinski definition) is 2. The summed E-state index contributed by atoms with van der Waals surface area (Å²) < 4.78 is 0.517. The zero-order chi connectivity index (χ0) is 17.1. The van der Waals surface area contributed by atoms with Gasteiger partial charge in [-0.1, -0.05) is 12.1 Å². The van der Waals surface area contributed by atoms with Crippen LogP contribution in [0.3, 0.4) is 0 Å². The quantitative estimate of drug-likeness (QED) is 0.812. The maximum Gasteiger partial charge on any atom is 0.257 e. The minimum absolute atomic E-state index is 0.0792. The SMILES string of the molecule is O=C(Nc1ncc(C2CCNCC2)s1)c1ccc(C2SCCS2)cc1. The van der Waals surface area contributed by atoms with Crippen molar-refractivity contribution in [2.75, 3.05) is 29.9 Å². The van der Waals surface area contributed by atoms with Crippen molar-refractivity contribution in [1.82, 2.24) is 10.3 Å². The van der Waals surface area contributed by atoms with Crippen molar-refractivity contribution in [2.24, 2.45) is 0 Å². The number of aromatic nitrogens is 1. The Bertz CT molecular complexity index is 719. The van der Waals surface area contributed by atoms with E-state index in [4.69, 9.17) is 0 Å². The van der Waals surface area contributed by atoms with E-state index in [1.54, 1.807) is 11.3 Å². The Labute approximate surface area is 160 Å². The van der Waals surface area contributed by atoms with E-state index < -0.39 is 0 Å². The Balaban J connectivity index is 1.39. The molecule has 0 radical (unpaired) electrons. The molecule has 0 unspecified atom stereocenters. The highest BCUT2D eigenvalue weighted by Crippen LogP contribution is 2.45. The summed E-state index contributed by atoms with van der Waals surface area (Å²) in [5, 5.41) is 7.03. The predicted molar refractivity (Wildman–Crippen MR) is 109 cm³/mol. The van der Waals surface area contributed by atoms with Crippen LogP contribution >= 0.6 is 34.9 Å². The maximum absolute atomic E-state index is 12.5. The summed E-state index contributed by atoms with van der Waals surface area (Å²) in [5.41, 5.74) is 1.99. The van der Waals surface area contributed by atoms with Crippen LogP contribution in [0.1, 0.15) is 44.1 Å². The number of rotatable bonds is 4. The minimum Gasteiger partial charge on any atom is -0.317 e. The molecule has 0 spiro atoms. The van der Waals surface area contributed by atoms with E-state index in [-0.39, 0.29) is 5.91 Å². The van der Waals surface area contributed by atoms with Crippen LogP contribution in [-0.2, 0) is 0 Å². The lowest BCUT2D eigenvalue weighted by atomic mass is 9.97. The van der Waals surface area contributed by atoms with Gasteiger partial charge in [0.2, 0.25) is 0 Å². The van der Waals surface area contributed by atoms with Gasteiger partial charge in [-0.2, -0.15) is 0 Å². The van der Waals surface area contributed by atoms with Gasteiger partial charge in [-0.15, -0.1) is 34.9 Å². The van der Waals surface area contributed by atoms with E-state index in [0.29, 0.717) is 21.2 Å². The van der Waals surface area contributed by atoms with Gasteiger partial charge in [0, 0.05) is 28.1 Å². The van der Waals surface area contributed by atoms with Crippen LogP contribution in [0.2, 0.25) is 0 Å². The molecule has 2 aliphatic rings. The van der Waals surface area contributed by atoms with Crippen LogP contribution in [0, 0.1) is 0 Å². The summed E-state index contributed by atoms with van der Waals surface area (Å²) in [6, 6.07) is 8.00. The average Bonchev–Trinajstić information content (AvgIpc) is 3.35.